The summed E-state index contributed by atoms with van der Waals surface area (Å²) in [5, 5.41) is 3.36. The highest BCUT2D eigenvalue weighted by Gasteiger charge is 2.14. The quantitative estimate of drug-likeness (QED) is 0.928. The number of ether oxygens (including phenoxy) is 1. The van der Waals surface area contributed by atoms with Gasteiger partial charge in [-0.05, 0) is 50.6 Å². The minimum atomic E-state index is 0.424. The van der Waals surface area contributed by atoms with Crippen LogP contribution in [0.1, 0.15) is 24.2 Å². The van der Waals surface area contributed by atoms with Gasteiger partial charge in [0.05, 0.1) is 23.7 Å². The van der Waals surface area contributed by atoms with Crippen molar-refractivity contribution in [1.82, 2.24) is 14.9 Å². The number of hydrogen-bond donors (Lipinski definition) is 1. The second kappa shape index (κ2) is 5.94. The summed E-state index contributed by atoms with van der Waals surface area (Å²) in [4.78, 5) is 4.73. The minimum Gasteiger partial charge on any atom is -0.378 e. The zero-order chi connectivity index (χ0) is 13.9. The maximum atomic E-state index is 5.97. The molecule has 1 aliphatic rings. The predicted molar refractivity (Wildman–Crippen MR) is 81.0 cm³/mol. The Balaban J connectivity index is 1.63. The molecule has 1 saturated heterocycles. The molecule has 1 aromatic carbocycles. The van der Waals surface area contributed by atoms with Crippen LogP contribution >= 0.6 is 0 Å². The Kier molecular flexibility index (Phi) is 4.03. The van der Waals surface area contributed by atoms with E-state index in [1.807, 2.05) is 0 Å². The molecule has 0 bridgehead atoms. The van der Waals surface area contributed by atoms with E-state index in [0.29, 0.717) is 6.10 Å². The summed E-state index contributed by atoms with van der Waals surface area (Å²) < 4.78 is 8.15. The maximum absolute atomic E-state index is 5.97. The lowest BCUT2D eigenvalue weighted by Crippen LogP contribution is -2.32. The minimum absolute atomic E-state index is 0.424. The molecular weight excluding hydrogens is 250 g/mol. The number of nitrogens with one attached hydrogen (secondary N) is 1. The van der Waals surface area contributed by atoms with Gasteiger partial charge in [-0.3, -0.25) is 0 Å². The van der Waals surface area contributed by atoms with Gasteiger partial charge in [-0.15, -0.1) is 0 Å². The molecule has 108 valence electrons. The van der Waals surface area contributed by atoms with Crippen LogP contribution in [0.25, 0.3) is 11.0 Å². The van der Waals surface area contributed by atoms with Gasteiger partial charge in [-0.1, -0.05) is 6.07 Å². The number of fused-ring (bicyclic) bond motifs is 1. The molecule has 0 unspecified atom stereocenters. The topological polar surface area (TPSA) is 39.1 Å². The van der Waals surface area contributed by atoms with Crippen molar-refractivity contribution in [2.75, 3.05) is 19.7 Å². The van der Waals surface area contributed by atoms with Crippen LogP contribution in [0, 0.1) is 6.92 Å². The van der Waals surface area contributed by atoms with Gasteiger partial charge >= 0.3 is 0 Å². The number of hydrogen-bond acceptors (Lipinski definition) is 3. The first kappa shape index (κ1) is 13.6. The lowest BCUT2D eigenvalue weighted by Gasteiger charge is -2.22. The van der Waals surface area contributed by atoms with E-state index in [0.717, 1.165) is 50.3 Å². The standard InChI is InChI=1S/C16H23N3O/c1-12-3-4-15-14(11-12)18-16(19(15)2)7-10-20-13-5-8-17-9-6-13/h3-4,11,13,17H,5-10H2,1-2H3. The number of nitrogens with zero attached hydrogens (tertiary/aromatic N) is 2. The van der Waals surface area contributed by atoms with Gasteiger partial charge in [0.1, 0.15) is 5.82 Å². The Labute approximate surface area is 120 Å². The van der Waals surface area contributed by atoms with Crippen molar-refractivity contribution in [3.8, 4) is 0 Å². The third kappa shape index (κ3) is 2.86. The average Bonchev–Trinajstić information content (AvgIpc) is 2.76. The van der Waals surface area contributed by atoms with Crippen molar-refractivity contribution in [3.05, 3.63) is 29.6 Å². The highest BCUT2D eigenvalue weighted by molar-refractivity contribution is 5.76. The van der Waals surface area contributed by atoms with Crippen LogP contribution in [-0.2, 0) is 18.2 Å². The molecule has 4 nitrogen and oxygen atoms in total. The van der Waals surface area contributed by atoms with Crippen molar-refractivity contribution < 1.29 is 4.74 Å². The first-order valence-corrected chi connectivity index (χ1v) is 7.48. The van der Waals surface area contributed by atoms with Gasteiger partial charge < -0.3 is 14.6 Å². The first-order chi connectivity index (χ1) is 9.74. The van der Waals surface area contributed by atoms with Crippen LogP contribution in [0.15, 0.2) is 18.2 Å². The highest BCUT2D eigenvalue weighted by Crippen LogP contribution is 2.17. The molecule has 4 heteroatoms. The zero-order valence-corrected chi connectivity index (χ0v) is 12.4. The van der Waals surface area contributed by atoms with E-state index < -0.39 is 0 Å². The van der Waals surface area contributed by atoms with Gasteiger partial charge in [0.25, 0.3) is 0 Å². The summed E-state index contributed by atoms with van der Waals surface area (Å²) in [5.41, 5.74) is 3.55. The smallest absolute Gasteiger partial charge is 0.111 e. The first-order valence-electron chi connectivity index (χ1n) is 7.48. The van der Waals surface area contributed by atoms with E-state index in [9.17, 15) is 0 Å². The molecular formula is C16H23N3O. The van der Waals surface area contributed by atoms with Crippen molar-refractivity contribution in [3.63, 3.8) is 0 Å². The van der Waals surface area contributed by atoms with E-state index in [-0.39, 0.29) is 0 Å². The lowest BCUT2D eigenvalue weighted by molar-refractivity contribution is 0.0340. The second-order valence-corrected chi connectivity index (χ2v) is 5.65. The Morgan fingerprint density at radius 1 is 1.35 bits per heavy atom. The Bertz CT molecular complexity index is 585. The zero-order valence-electron chi connectivity index (χ0n) is 12.4. The summed E-state index contributed by atoms with van der Waals surface area (Å²) in [6.07, 6.45) is 3.56. The number of benzene rings is 1. The van der Waals surface area contributed by atoms with Crippen LogP contribution in [0.4, 0.5) is 0 Å². The summed E-state index contributed by atoms with van der Waals surface area (Å²) in [6, 6.07) is 6.43. The molecule has 2 heterocycles. The number of aryl methyl sites for hydroxylation is 2. The number of piperidine rings is 1. The fourth-order valence-corrected chi connectivity index (χ4v) is 2.86. The van der Waals surface area contributed by atoms with Crippen molar-refractivity contribution in [1.29, 1.82) is 0 Å². The number of aromatic nitrogens is 2. The summed E-state index contributed by atoms with van der Waals surface area (Å²) in [6.45, 7) is 5.03. The van der Waals surface area contributed by atoms with Gasteiger partial charge in [-0.2, -0.15) is 0 Å². The molecule has 0 amide bonds. The second-order valence-electron chi connectivity index (χ2n) is 5.65. The molecule has 3 rings (SSSR count). The molecule has 1 aliphatic heterocycles. The number of imidazole rings is 1. The highest BCUT2D eigenvalue weighted by atomic mass is 16.5. The van der Waals surface area contributed by atoms with E-state index >= 15 is 0 Å². The monoisotopic (exact) mass is 273 g/mol. The molecule has 0 aliphatic carbocycles. The Hall–Kier alpha value is -1.39. The summed E-state index contributed by atoms with van der Waals surface area (Å²) >= 11 is 0. The lowest BCUT2D eigenvalue weighted by atomic mass is 10.1. The predicted octanol–water partition coefficient (Wildman–Crippen LogP) is 2.19. The van der Waals surface area contributed by atoms with Gasteiger partial charge in [-0.25, -0.2) is 4.98 Å². The van der Waals surface area contributed by atoms with E-state index in [1.54, 1.807) is 0 Å². The van der Waals surface area contributed by atoms with Gasteiger partial charge in [0.15, 0.2) is 0 Å². The van der Waals surface area contributed by atoms with E-state index in [2.05, 4.69) is 42.1 Å². The van der Waals surface area contributed by atoms with E-state index in [1.165, 1.54) is 11.1 Å². The van der Waals surface area contributed by atoms with Crippen LogP contribution < -0.4 is 5.32 Å². The van der Waals surface area contributed by atoms with E-state index in [4.69, 9.17) is 9.72 Å². The SMILES string of the molecule is Cc1ccc2c(c1)nc(CCOC1CCNCC1)n2C. The Morgan fingerprint density at radius 2 is 2.15 bits per heavy atom. The third-order valence-corrected chi connectivity index (χ3v) is 4.09. The van der Waals surface area contributed by atoms with Gasteiger partial charge in [0, 0.05) is 13.5 Å². The molecule has 0 saturated carbocycles. The fourth-order valence-electron chi connectivity index (χ4n) is 2.86. The molecule has 1 N–H and O–H groups in total. The molecule has 0 spiro atoms. The van der Waals surface area contributed by atoms with Gasteiger partial charge in [0.2, 0.25) is 0 Å². The van der Waals surface area contributed by atoms with Crippen molar-refractivity contribution in [2.45, 2.75) is 32.3 Å². The fraction of sp³-hybridized carbons (Fsp3) is 0.562. The largest absolute Gasteiger partial charge is 0.378 e. The van der Waals surface area contributed by atoms with Crippen molar-refractivity contribution >= 4 is 11.0 Å². The van der Waals surface area contributed by atoms with Crippen molar-refractivity contribution in [2.24, 2.45) is 7.05 Å². The number of rotatable bonds is 4. The molecule has 20 heavy (non-hydrogen) atoms. The van der Waals surface area contributed by atoms with Crippen LogP contribution in [0.3, 0.4) is 0 Å². The molecule has 0 atom stereocenters. The summed E-state index contributed by atoms with van der Waals surface area (Å²) in [7, 11) is 2.09. The maximum Gasteiger partial charge on any atom is 0.111 e. The molecule has 0 radical (unpaired) electrons. The molecule has 1 fully saturated rings. The Morgan fingerprint density at radius 3 is 2.95 bits per heavy atom. The normalized spacial score (nSPS) is 16.9. The summed E-state index contributed by atoms with van der Waals surface area (Å²) in [5.74, 6) is 1.11. The average molecular weight is 273 g/mol. The van der Waals surface area contributed by atoms with Crippen LogP contribution in [-0.4, -0.2) is 35.4 Å². The van der Waals surface area contributed by atoms with Crippen LogP contribution in [0.5, 0.6) is 0 Å². The molecule has 2 aromatic rings. The van der Waals surface area contributed by atoms with Crippen LogP contribution in [0.2, 0.25) is 0 Å². The molecule has 1 aromatic heterocycles. The third-order valence-electron chi connectivity index (χ3n) is 4.09.